The summed E-state index contributed by atoms with van der Waals surface area (Å²) in [4.78, 5) is 0. The molecule has 0 aliphatic carbocycles. The Morgan fingerprint density at radius 2 is 1.75 bits per heavy atom. The molecule has 2 rings (SSSR count). The van der Waals surface area contributed by atoms with Gasteiger partial charge in [-0.3, -0.25) is 0 Å². The molecule has 0 unspecified atom stereocenters. The number of hydrogen-bond acceptors (Lipinski definition) is 3. The number of rotatable bonds is 3. The van der Waals surface area contributed by atoms with Gasteiger partial charge in [-0.05, 0) is 12.1 Å². The molecule has 2 aromatic rings. The number of hydrogen-bond donors (Lipinski definition) is 0. The Morgan fingerprint density at radius 3 is 2.31 bits per heavy atom. The summed E-state index contributed by atoms with van der Waals surface area (Å²) in [6.07, 6.45) is 0. The Balaban J connectivity index is 2.88. The van der Waals surface area contributed by atoms with Gasteiger partial charge in [0.1, 0.15) is 5.75 Å². The number of ether oxygens (including phenoxy) is 3. The Morgan fingerprint density at radius 1 is 1.00 bits per heavy atom. The van der Waals surface area contributed by atoms with Crippen molar-refractivity contribution >= 4 is 10.9 Å². The molecule has 0 saturated carbocycles. The molecular weight excluding hydrogens is 206 g/mol. The first-order valence-corrected chi connectivity index (χ1v) is 4.98. The molecule has 4 heteroatoms. The highest BCUT2D eigenvalue weighted by atomic mass is 16.5. The number of benzene rings is 1. The number of aromatic nitrogens is 1. The lowest BCUT2D eigenvalue weighted by atomic mass is 10.2. The first-order valence-electron chi connectivity index (χ1n) is 4.98. The van der Waals surface area contributed by atoms with E-state index in [9.17, 15) is 0 Å². The molecule has 1 aromatic heterocycles. The van der Waals surface area contributed by atoms with Crippen LogP contribution in [0.2, 0.25) is 0 Å². The van der Waals surface area contributed by atoms with Crippen LogP contribution in [-0.4, -0.2) is 25.9 Å². The molecule has 0 atom stereocenters. The van der Waals surface area contributed by atoms with E-state index >= 15 is 0 Å². The topological polar surface area (TPSA) is 32.6 Å². The zero-order valence-corrected chi connectivity index (χ0v) is 9.90. The van der Waals surface area contributed by atoms with Crippen LogP contribution in [0.3, 0.4) is 0 Å². The fourth-order valence-electron chi connectivity index (χ4n) is 1.99. The zero-order chi connectivity index (χ0) is 11.7. The number of fused-ring (bicyclic) bond motifs is 1. The molecule has 0 aliphatic heterocycles. The number of methoxy groups -OCH3 is 3. The second-order valence-corrected chi connectivity index (χ2v) is 3.46. The van der Waals surface area contributed by atoms with Crippen LogP contribution in [-0.2, 0) is 7.05 Å². The third kappa shape index (κ3) is 1.30. The van der Waals surface area contributed by atoms with E-state index in [1.165, 1.54) is 0 Å². The minimum absolute atomic E-state index is 0.696. The average Bonchev–Trinajstić information content (AvgIpc) is 2.61. The fourth-order valence-corrected chi connectivity index (χ4v) is 1.99. The van der Waals surface area contributed by atoms with Crippen LogP contribution in [0.25, 0.3) is 10.9 Å². The first kappa shape index (κ1) is 10.7. The quantitative estimate of drug-likeness (QED) is 0.796. The number of nitrogens with zero attached hydrogens (tertiary/aromatic N) is 1. The predicted octanol–water partition coefficient (Wildman–Crippen LogP) is 2.20. The highest BCUT2D eigenvalue weighted by Gasteiger charge is 2.19. The maximum absolute atomic E-state index is 5.39. The summed E-state index contributed by atoms with van der Waals surface area (Å²) in [6.45, 7) is 0. The lowest BCUT2D eigenvalue weighted by Crippen LogP contribution is -1.94. The minimum Gasteiger partial charge on any atom is -0.496 e. The lowest BCUT2D eigenvalue weighted by molar-refractivity contribution is 0.338. The fraction of sp³-hybridized carbons (Fsp3) is 0.333. The van der Waals surface area contributed by atoms with Crippen molar-refractivity contribution in [2.24, 2.45) is 7.05 Å². The van der Waals surface area contributed by atoms with E-state index in [1.807, 2.05) is 29.8 Å². The zero-order valence-electron chi connectivity index (χ0n) is 9.90. The molecule has 0 N–H and O–H groups in total. The van der Waals surface area contributed by atoms with Crippen molar-refractivity contribution in [2.45, 2.75) is 0 Å². The standard InChI is InChI=1S/C12H15NO3/c1-13-8-6-5-7-9(14-2)10(8)11(15-3)12(13)16-4/h5-7H,1-4H3. The molecule has 1 heterocycles. The number of aryl methyl sites for hydroxylation is 1. The van der Waals surface area contributed by atoms with Crippen molar-refractivity contribution in [1.29, 1.82) is 0 Å². The van der Waals surface area contributed by atoms with Gasteiger partial charge in [-0.25, -0.2) is 0 Å². The van der Waals surface area contributed by atoms with Gasteiger partial charge >= 0.3 is 0 Å². The van der Waals surface area contributed by atoms with E-state index in [0.717, 1.165) is 16.7 Å². The predicted molar refractivity (Wildman–Crippen MR) is 62.6 cm³/mol. The van der Waals surface area contributed by atoms with E-state index in [1.54, 1.807) is 21.3 Å². The summed E-state index contributed by atoms with van der Waals surface area (Å²) in [5.41, 5.74) is 1.02. The summed E-state index contributed by atoms with van der Waals surface area (Å²) in [5, 5.41) is 0.937. The van der Waals surface area contributed by atoms with Crippen molar-refractivity contribution in [3.8, 4) is 17.4 Å². The van der Waals surface area contributed by atoms with Gasteiger partial charge in [-0.15, -0.1) is 0 Å². The SMILES string of the molecule is COc1cccc2c1c(OC)c(OC)n2C. The van der Waals surface area contributed by atoms with Crippen molar-refractivity contribution < 1.29 is 14.2 Å². The smallest absolute Gasteiger partial charge is 0.238 e. The summed E-state index contributed by atoms with van der Waals surface area (Å²) in [7, 11) is 6.84. The van der Waals surface area contributed by atoms with Crippen molar-refractivity contribution in [1.82, 2.24) is 4.57 Å². The third-order valence-corrected chi connectivity index (χ3v) is 2.71. The largest absolute Gasteiger partial charge is 0.496 e. The van der Waals surface area contributed by atoms with Crippen LogP contribution in [0, 0.1) is 0 Å². The van der Waals surface area contributed by atoms with Gasteiger partial charge in [-0.1, -0.05) is 6.07 Å². The Kier molecular flexibility index (Phi) is 2.64. The first-order chi connectivity index (χ1) is 7.74. The molecule has 0 saturated heterocycles. The van der Waals surface area contributed by atoms with Gasteiger partial charge in [-0.2, -0.15) is 0 Å². The van der Waals surface area contributed by atoms with Crippen LogP contribution >= 0.6 is 0 Å². The van der Waals surface area contributed by atoms with E-state index in [2.05, 4.69) is 0 Å². The summed E-state index contributed by atoms with van der Waals surface area (Å²) in [5.74, 6) is 2.19. The second-order valence-electron chi connectivity index (χ2n) is 3.46. The van der Waals surface area contributed by atoms with Crippen molar-refractivity contribution in [3.05, 3.63) is 18.2 Å². The van der Waals surface area contributed by atoms with Gasteiger partial charge in [0, 0.05) is 7.05 Å². The van der Waals surface area contributed by atoms with Gasteiger partial charge in [0.25, 0.3) is 0 Å². The van der Waals surface area contributed by atoms with E-state index in [4.69, 9.17) is 14.2 Å². The molecule has 0 spiro atoms. The van der Waals surface area contributed by atoms with Crippen LogP contribution in [0.4, 0.5) is 0 Å². The summed E-state index contributed by atoms with van der Waals surface area (Å²) >= 11 is 0. The van der Waals surface area contributed by atoms with E-state index < -0.39 is 0 Å². The van der Waals surface area contributed by atoms with Gasteiger partial charge in [0.15, 0.2) is 5.75 Å². The van der Waals surface area contributed by atoms with Crippen molar-refractivity contribution in [3.63, 3.8) is 0 Å². The third-order valence-electron chi connectivity index (χ3n) is 2.71. The molecule has 0 amide bonds. The Bertz CT molecular complexity index is 516. The van der Waals surface area contributed by atoms with Crippen LogP contribution in [0.1, 0.15) is 0 Å². The maximum atomic E-state index is 5.39. The summed E-state index contributed by atoms with van der Waals surface area (Å²) in [6, 6.07) is 5.85. The molecular formula is C12H15NO3. The normalized spacial score (nSPS) is 10.5. The molecule has 0 aliphatic rings. The van der Waals surface area contributed by atoms with Crippen LogP contribution < -0.4 is 14.2 Å². The molecule has 16 heavy (non-hydrogen) atoms. The second kappa shape index (κ2) is 3.96. The Labute approximate surface area is 94.3 Å². The highest BCUT2D eigenvalue weighted by molar-refractivity contribution is 5.95. The van der Waals surface area contributed by atoms with Crippen molar-refractivity contribution in [2.75, 3.05) is 21.3 Å². The monoisotopic (exact) mass is 221 g/mol. The Hall–Kier alpha value is -1.84. The van der Waals surface area contributed by atoms with Gasteiger partial charge < -0.3 is 18.8 Å². The summed E-state index contributed by atoms with van der Waals surface area (Å²) < 4.78 is 18.0. The van der Waals surface area contributed by atoms with Crippen LogP contribution in [0.5, 0.6) is 17.4 Å². The average molecular weight is 221 g/mol. The van der Waals surface area contributed by atoms with E-state index in [-0.39, 0.29) is 0 Å². The minimum atomic E-state index is 0.696. The van der Waals surface area contributed by atoms with Gasteiger partial charge in [0.2, 0.25) is 5.88 Å². The van der Waals surface area contributed by atoms with Crippen LogP contribution in [0.15, 0.2) is 18.2 Å². The van der Waals surface area contributed by atoms with E-state index in [0.29, 0.717) is 11.6 Å². The molecule has 0 bridgehead atoms. The van der Waals surface area contributed by atoms with Gasteiger partial charge in [0.05, 0.1) is 32.2 Å². The molecule has 0 fully saturated rings. The molecule has 4 nitrogen and oxygen atoms in total. The molecule has 86 valence electrons. The highest BCUT2D eigenvalue weighted by Crippen LogP contribution is 2.42. The molecule has 1 aromatic carbocycles. The lowest BCUT2D eigenvalue weighted by Gasteiger charge is -2.04. The maximum Gasteiger partial charge on any atom is 0.238 e. The molecule has 0 radical (unpaired) electrons.